The molecule has 19 heteroatoms. The molecule has 5 aliphatic carbocycles. The quantitative estimate of drug-likeness (QED) is 0.0805. The van der Waals surface area contributed by atoms with Crippen LogP contribution in [0.3, 0.4) is 0 Å². The predicted octanol–water partition coefficient (Wildman–Crippen LogP) is 27.5. The second-order valence-electron chi connectivity index (χ2n) is 35.7. The minimum absolute atomic E-state index is 0.138. The molecule has 1 fully saturated rings. The summed E-state index contributed by atoms with van der Waals surface area (Å²) in [4.78, 5) is 27.0. The number of likely N-dealkylation sites (N-methyl/N-ethyl adjacent to an activating group) is 3. The van der Waals surface area contributed by atoms with E-state index in [0.717, 1.165) is 74.5 Å². The highest BCUT2D eigenvalue weighted by Crippen LogP contribution is 2.47. The Morgan fingerprint density at radius 1 is 0.528 bits per heavy atom. The Labute approximate surface area is 865 Å². The number of aryl methyl sites for hydroxylation is 1. The number of allylic oxidation sites excluding steroid dienone is 6. The lowest BCUT2D eigenvalue weighted by atomic mass is 9.81. The number of para-hydroxylation sites is 1. The number of rotatable bonds is 5. The van der Waals surface area contributed by atoms with Gasteiger partial charge in [-0.2, -0.15) is 30.7 Å². The number of terminal acetylenes is 2. The second-order valence-corrected chi connectivity index (χ2v) is 35.7. The van der Waals surface area contributed by atoms with E-state index in [9.17, 15) is 4.79 Å². The fraction of sp³-hybridized carbons (Fsp3) is 0.376. The van der Waals surface area contributed by atoms with Gasteiger partial charge >= 0.3 is 0 Å². The number of nitrogens with zero attached hydrogens (tertiary/aromatic N) is 11. The van der Waals surface area contributed by atoms with Gasteiger partial charge in [0.2, 0.25) is 0 Å². The maximum atomic E-state index is 9.44. The monoisotopic (exact) mass is 1940 g/mol. The van der Waals surface area contributed by atoms with Gasteiger partial charge in [-0.15, -0.1) is 24.7 Å². The molecule has 0 amide bonds. The Balaban J connectivity index is 0.000000247. The van der Waals surface area contributed by atoms with Crippen molar-refractivity contribution in [2.75, 3.05) is 66.9 Å². The van der Waals surface area contributed by atoms with Gasteiger partial charge in [0.1, 0.15) is 5.78 Å². The first kappa shape index (κ1) is 119. The molecular formula is C125H162N16O3. The third kappa shape index (κ3) is 34.7. The van der Waals surface area contributed by atoms with Gasteiger partial charge in [0, 0.05) is 121 Å². The van der Waals surface area contributed by atoms with Crippen molar-refractivity contribution in [3.63, 3.8) is 0 Å². The highest BCUT2D eigenvalue weighted by Gasteiger charge is 2.43. The summed E-state index contributed by atoms with van der Waals surface area (Å²) in [6, 6.07) is 79.4. The molecular weight excluding hydrogens is 1770 g/mol. The summed E-state index contributed by atoms with van der Waals surface area (Å²) in [5, 5.41) is 26.5. The van der Waals surface area contributed by atoms with Crippen LogP contribution < -0.4 is 32.6 Å². The van der Waals surface area contributed by atoms with Crippen LogP contribution in [0.1, 0.15) is 265 Å². The summed E-state index contributed by atoms with van der Waals surface area (Å²) in [7, 11) is 13.5. The molecule has 7 heterocycles. The van der Waals surface area contributed by atoms with Crippen LogP contribution in [0.2, 0.25) is 0 Å². The summed E-state index contributed by atoms with van der Waals surface area (Å²) in [6.45, 7) is 44.7. The van der Waals surface area contributed by atoms with E-state index in [4.69, 9.17) is 4.98 Å². The number of fused-ring (bicyclic) bond motifs is 17. The fourth-order valence-electron chi connectivity index (χ4n) is 18.4. The van der Waals surface area contributed by atoms with Crippen LogP contribution >= 0.6 is 0 Å². The summed E-state index contributed by atoms with van der Waals surface area (Å²) in [5.74, 6) is 25.5. The van der Waals surface area contributed by atoms with Gasteiger partial charge in [-0.05, 0) is 236 Å². The lowest BCUT2D eigenvalue weighted by Crippen LogP contribution is -2.58. The number of hydrazine groups is 2. The molecule has 0 saturated carbocycles. The normalized spacial score (nSPS) is 19.5. The van der Waals surface area contributed by atoms with Crippen LogP contribution in [-0.2, 0) is 47.2 Å². The summed E-state index contributed by atoms with van der Waals surface area (Å²) in [5.41, 5.74) is 45.5. The van der Waals surface area contributed by atoms with E-state index in [0.29, 0.717) is 59.7 Å². The Kier molecular flexibility index (Phi) is 53.3. The largest absolute Gasteiger partial charge is 0.369 e. The second kappa shape index (κ2) is 64.3. The molecule has 144 heavy (non-hydrogen) atoms. The van der Waals surface area contributed by atoms with Crippen molar-refractivity contribution in [2.24, 2.45) is 49.5 Å². The van der Waals surface area contributed by atoms with Gasteiger partial charge in [0.15, 0.2) is 0 Å². The summed E-state index contributed by atoms with van der Waals surface area (Å²) in [6.07, 6.45) is 29.5. The molecule has 1 saturated heterocycles. The summed E-state index contributed by atoms with van der Waals surface area (Å²) >= 11 is 0. The molecule has 21 rings (SSSR count). The van der Waals surface area contributed by atoms with Crippen LogP contribution in [0.25, 0.3) is 33.8 Å². The molecule has 11 aliphatic rings. The summed E-state index contributed by atoms with van der Waals surface area (Å²) < 4.78 is 2.14. The van der Waals surface area contributed by atoms with Crippen molar-refractivity contribution < 1.29 is 14.5 Å². The van der Waals surface area contributed by atoms with Crippen molar-refractivity contribution in [1.29, 1.82) is 0 Å². The average Bonchev–Trinajstić information content (AvgIpc) is 1.43. The number of Topliss-reactive ketones (excluding diaryl/α,β-unsaturated/α-hetero) is 1. The predicted molar refractivity (Wildman–Crippen MR) is 607 cm³/mol. The first-order chi connectivity index (χ1) is 69.7. The SMILES string of the molecule is C#CC.C#CC.CC.CC.CC.CC(C)=O.CC1=CC(C)N=N1.CC1=CC(C)N=N1.CC1C2c3ccccc3N(C)C2CNN1C.CC1Cc2ccccc2-c2c(ncn2C)-c2ccccc21.CC1Cc2ccccc2C#Cc2ccccc21.CC1Cc2ccccc2C#Cc2ccccc21.CC1N=NC2=C1c1ccccc1C(C)Cc1ccccc12.CCNOC.CNNCC1=CC2CC=CC=C2N1C.CON. The molecule has 0 spiro atoms. The smallest absolute Gasteiger partial charge is 0.126 e. The van der Waals surface area contributed by atoms with Crippen molar-refractivity contribution in [2.45, 2.75) is 237 Å². The van der Waals surface area contributed by atoms with Gasteiger partial charge in [0.25, 0.3) is 0 Å². The topological polar surface area (TPSA) is 211 Å². The first-order valence-corrected chi connectivity index (χ1v) is 51.0. The molecule has 19 nitrogen and oxygen atoms in total. The van der Waals surface area contributed by atoms with Crippen LogP contribution in [0.5, 0.6) is 0 Å². The zero-order valence-corrected chi connectivity index (χ0v) is 91.2. The molecule has 10 aromatic rings. The highest BCUT2D eigenvalue weighted by atomic mass is 16.6. The minimum Gasteiger partial charge on any atom is -0.369 e. The molecule has 0 radical (unpaired) electrons. The average molecular weight is 1940 g/mol. The number of imidazole rings is 1. The van der Waals surface area contributed by atoms with E-state index in [1.807, 2.05) is 102 Å². The number of carbonyl (C=O) groups is 1. The van der Waals surface area contributed by atoms with Crippen molar-refractivity contribution in [3.8, 4) is 70.9 Å². The Morgan fingerprint density at radius 3 is 1.38 bits per heavy atom. The number of azo groups is 3. The molecule has 0 bridgehead atoms. The molecule has 11 atom stereocenters. The van der Waals surface area contributed by atoms with Crippen molar-refractivity contribution in [1.82, 2.24) is 41.2 Å². The fourth-order valence-corrected chi connectivity index (χ4v) is 18.4. The van der Waals surface area contributed by atoms with E-state index in [1.165, 1.54) is 144 Å². The van der Waals surface area contributed by atoms with Crippen LogP contribution in [-0.4, -0.2) is 117 Å². The third-order valence-corrected chi connectivity index (χ3v) is 24.9. The van der Waals surface area contributed by atoms with Gasteiger partial charge in [-0.1, -0.05) is 306 Å². The van der Waals surface area contributed by atoms with E-state index < -0.39 is 0 Å². The maximum Gasteiger partial charge on any atom is 0.126 e. The minimum atomic E-state index is 0.138. The van der Waals surface area contributed by atoms with Gasteiger partial charge in [-0.3, -0.25) is 16.3 Å². The number of benzene rings is 9. The van der Waals surface area contributed by atoms with Crippen LogP contribution in [0, 0.1) is 54.3 Å². The van der Waals surface area contributed by atoms with Crippen molar-refractivity contribution in [3.05, 3.63) is 367 Å². The Morgan fingerprint density at radius 2 is 0.931 bits per heavy atom. The molecule has 6 aliphatic heterocycles. The first-order valence-electron chi connectivity index (χ1n) is 51.0. The third-order valence-electron chi connectivity index (χ3n) is 24.9. The number of anilines is 1. The standard InChI is InChI=1S/2C19H18N2.2C17H14.C13H19N3.C11H17N3.2C5H8N2.C3H9NO.C3H6O.2C3H4.3C2H6.CH5NO/c1-13-11-14-7-3-4-9-16(14)19-18(20-12-21(19)2)17-10-6-5-8-15(13)17;1-12-11-14-7-3-4-9-16(14)19-18(13(2)20-21-19)17-10-6-5-8-15(12)17;2*1-13-12-16-8-3-2-6-14(16)10-11-15-7-4-5-9-17(13)15;1-9-13-10-6-4-5-7-11(10)15(2)12(13)8-14-16(9)3;1-12-13-8-10-7-9-5-3-4-6-11(9)14(10)2;2*1-4-3-5(2)7-6-4;1-3-4-5-2;1-3(2)4;2*1-3-2;3*1-2;1-3-2/h2*3-10,12-13H,11H2,1-2H3;2*2-9,13H,12H2,1H3;4-7,9,12-14H,8H2,1-3H3;3-4,6-7,9,12-13H,5,8H2,1-2H3;2*3-4H,1-2H3;4H,3H2,1-2H3;1-2H3;2*1H,2H3;3*1-2H3;2H2,1H3. The molecule has 760 valence electrons. The number of hydrogen-bond donors (Lipinski definition) is 5. The Hall–Kier alpha value is -13.4. The number of hydroxylamine groups is 1. The lowest BCUT2D eigenvalue weighted by molar-refractivity contribution is -0.115. The number of nitrogens with one attached hydrogen (secondary N) is 4. The van der Waals surface area contributed by atoms with E-state index in [-0.39, 0.29) is 11.8 Å². The lowest BCUT2D eigenvalue weighted by Gasteiger charge is -2.41. The Bertz CT molecular complexity index is 6040. The zero-order chi connectivity index (χ0) is 106. The molecule has 1 aromatic heterocycles. The number of ketones is 1. The number of nitrogens with two attached hydrogens (primary N) is 1. The van der Waals surface area contributed by atoms with Crippen molar-refractivity contribution >= 4 is 22.7 Å². The zero-order valence-electron chi connectivity index (χ0n) is 91.2. The number of aromatic nitrogens is 2. The highest BCUT2D eigenvalue weighted by molar-refractivity contribution is 5.96. The van der Waals surface area contributed by atoms with Gasteiger partial charge < -0.3 is 28.8 Å². The van der Waals surface area contributed by atoms with Crippen LogP contribution in [0.4, 0.5) is 5.69 Å². The molecule has 9 aromatic carbocycles. The number of hydrogen-bond acceptors (Lipinski definition) is 18. The molecule has 11 unspecified atom stereocenters. The van der Waals surface area contributed by atoms with Gasteiger partial charge in [0.05, 0.1) is 79.7 Å². The van der Waals surface area contributed by atoms with E-state index >= 15 is 0 Å². The number of carbonyl (C=O) groups excluding carboxylic acids is 1. The maximum absolute atomic E-state index is 9.44. The van der Waals surface area contributed by atoms with E-state index in [2.05, 4.69) is 448 Å². The van der Waals surface area contributed by atoms with E-state index in [1.54, 1.807) is 21.0 Å². The molecule has 6 N–H and O–H groups in total. The van der Waals surface area contributed by atoms with Gasteiger partial charge in [-0.25, -0.2) is 21.4 Å². The van der Waals surface area contributed by atoms with Crippen LogP contribution in [0.15, 0.2) is 315 Å².